The number of rotatable bonds is 5. The summed E-state index contributed by atoms with van der Waals surface area (Å²) in [5.41, 5.74) is -1.46. The van der Waals surface area contributed by atoms with Crippen LogP contribution in [0.4, 0.5) is 0 Å². The highest BCUT2D eigenvalue weighted by Gasteiger charge is 2.61. The first-order valence-electron chi connectivity index (χ1n) is 10.1. The Bertz CT molecular complexity index is 1070. The molecule has 0 aliphatic carbocycles. The minimum atomic E-state index is -0.955. The molecular formula is C22H27NO7. The number of phenols is 1. The summed E-state index contributed by atoms with van der Waals surface area (Å²) in [6, 6.07) is 2.94. The first-order chi connectivity index (χ1) is 14.1. The summed E-state index contributed by atoms with van der Waals surface area (Å²) in [7, 11) is 1.81. The van der Waals surface area contributed by atoms with E-state index in [9.17, 15) is 14.7 Å². The first-order valence-corrected chi connectivity index (χ1v) is 10.1. The minimum absolute atomic E-state index is 0.0948. The molecule has 0 unspecified atom stereocenters. The number of carbonyl (C=O) groups is 1. The Hall–Kier alpha value is -2.58. The third-order valence-corrected chi connectivity index (χ3v) is 6.05. The van der Waals surface area contributed by atoms with Crippen molar-refractivity contribution in [2.75, 3.05) is 13.6 Å². The van der Waals surface area contributed by atoms with Crippen LogP contribution in [0.15, 0.2) is 21.3 Å². The van der Waals surface area contributed by atoms with E-state index in [2.05, 4.69) is 5.32 Å². The zero-order valence-corrected chi connectivity index (χ0v) is 17.8. The molecule has 3 atom stereocenters. The molecule has 1 aromatic carbocycles. The van der Waals surface area contributed by atoms with E-state index in [4.69, 9.17) is 18.6 Å². The fraction of sp³-hybridized carbons (Fsp3) is 0.545. The summed E-state index contributed by atoms with van der Waals surface area (Å²) in [4.78, 5) is 25.3. The van der Waals surface area contributed by atoms with Crippen molar-refractivity contribution in [3.63, 3.8) is 0 Å². The highest BCUT2D eigenvalue weighted by molar-refractivity contribution is 5.87. The lowest BCUT2D eigenvalue weighted by Gasteiger charge is -2.39. The summed E-state index contributed by atoms with van der Waals surface area (Å²) >= 11 is 0. The third-order valence-electron chi connectivity index (χ3n) is 6.05. The summed E-state index contributed by atoms with van der Waals surface area (Å²) in [5.74, 6) is 0.214. The Labute approximate surface area is 174 Å². The summed E-state index contributed by atoms with van der Waals surface area (Å²) in [5, 5.41) is 13.9. The number of epoxide rings is 1. The molecule has 0 radical (unpaired) electrons. The van der Waals surface area contributed by atoms with Crippen LogP contribution in [0.2, 0.25) is 0 Å². The van der Waals surface area contributed by atoms with E-state index >= 15 is 0 Å². The summed E-state index contributed by atoms with van der Waals surface area (Å²) < 4.78 is 23.1. The summed E-state index contributed by atoms with van der Waals surface area (Å²) in [6.45, 7) is 7.77. The average molecular weight is 417 g/mol. The number of ether oxygens (including phenoxy) is 3. The van der Waals surface area contributed by atoms with E-state index in [0.717, 1.165) is 0 Å². The second kappa shape index (κ2) is 6.99. The topological polar surface area (TPSA) is 111 Å². The number of benzene rings is 1. The van der Waals surface area contributed by atoms with Crippen molar-refractivity contribution in [2.45, 2.75) is 63.9 Å². The Balaban J connectivity index is 1.67. The molecule has 30 heavy (non-hydrogen) atoms. The predicted molar refractivity (Wildman–Crippen MR) is 109 cm³/mol. The Morgan fingerprint density at radius 3 is 2.70 bits per heavy atom. The second-order valence-corrected chi connectivity index (χ2v) is 8.60. The van der Waals surface area contributed by atoms with Gasteiger partial charge < -0.3 is 29.1 Å². The molecular weight excluding hydrogens is 390 g/mol. The fourth-order valence-corrected chi connectivity index (χ4v) is 4.09. The maximum Gasteiger partial charge on any atom is 0.341 e. The molecule has 0 amide bonds. The monoisotopic (exact) mass is 417 g/mol. The fourth-order valence-electron chi connectivity index (χ4n) is 4.09. The number of aromatic hydroxyl groups is 1. The lowest BCUT2D eigenvalue weighted by molar-refractivity contribution is -0.167. The Kier molecular flexibility index (Phi) is 4.82. The van der Waals surface area contributed by atoms with E-state index in [-0.39, 0.29) is 34.7 Å². The van der Waals surface area contributed by atoms with Crippen LogP contribution < -0.4 is 15.5 Å². The van der Waals surface area contributed by atoms with Crippen molar-refractivity contribution in [3.8, 4) is 11.5 Å². The van der Waals surface area contributed by atoms with Gasteiger partial charge in [-0.15, -0.1) is 0 Å². The Morgan fingerprint density at radius 2 is 2.07 bits per heavy atom. The van der Waals surface area contributed by atoms with Crippen LogP contribution in [-0.2, 0) is 20.7 Å². The molecule has 0 spiro atoms. The third kappa shape index (κ3) is 3.24. The quantitative estimate of drug-likeness (QED) is 0.563. The normalized spacial score (nSPS) is 26.7. The second-order valence-electron chi connectivity index (χ2n) is 8.60. The molecule has 3 heterocycles. The standard InChI is InChI=1S/C22H27NO7/c1-11-8-14(24)18-16(27-11)10-15-13(19(18)25)9-17(21(3,4)30-15)28-20(26)22(6-7-23-5)12(2)29-22/h8,10,12,17,23,25H,6-7,9H2,1-5H3/t12-,17-,22-/m1/s1. The number of aryl methyl sites for hydroxylation is 1. The van der Waals surface area contributed by atoms with E-state index in [1.807, 2.05) is 27.8 Å². The number of hydrogen-bond donors (Lipinski definition) is 2. The van der Waals surface area contributed by atoms with Crippen molar-refractivity contribution in [1.82, 2.24) is 5.32 Å². The molecule has 2 aliphatic heterocycles. The van der Waals surface area contributed by atoms with Crippen molar-refractivity contribution in [3.05, 3.63) is 33.7 Å². The number of hydrogen-bond acceptors (Lipinski definition) is 8. The van der Waals surface area contributed by atoms with Crippen LogP contribution in [0.5, 0.6) is 11.5 Å². The van der Waals surface area contributed by atoms with Gasteiger partial charge in [0.15, 0.2) is 11.0 Å². The maximum atomic E-state index is 12.9. The van der Waals surface area contributed by atoms with Crippen LogP contribution in [0.25, 0.3) is 11.0 Å². The van der Waals surface area contributed by atoms with Crippen LogP contribution in [0.1, 0.15) is 38.5 Å². The molecule has 2 N–H and O–H groups in total. The molecule has 1 fully saturated rings. The smallest absolute Gasteiger partial charge is 0.341 e. The van der Waals surface area contributed by atoms with Gasteiger partial charge in [0.1, 0.15) is 39.9 Å². The van der Waals surface area contributed by atoms with Crippen molar-refractivity contribution >= 4 is 16.9 Å². The van der Waals surface area contributed by atoms with Gasteiger partial charge in [-0.2, -0.15) is 0 Å². The van der Waals surface area contributed by atoms with Gasteiger partial charge in [0.25, 0.3) is 0 Å². The van der Waals surface area contributed by atoms with E-state index < -0.39 is 23.3 Å². The van der Waals surface area contributed by atoms with Gasteiger partial charge in [-0.05, 0) is 41.3 Å². The molecule has 0 saturated carbocycles. The maximum absolute atomic E-state index is 12.9. The molecule has 1 aromatic heterocycles. The lowest BCUT2D eigenvalue weighted by Crippen LogP contribution is -2.50. The van der Waals surface area contributed by atoms with Crippen LogP contribution in [0, 0.1) is 6.92 Å². The van der Waals surface area contributed by atoms with Gasteiger partial charge in [-0.25, -0.2) is 4.79 Å². The van der Waals surface area contributed by atoms with Crippen molar-refractivity contribution in [2.24, 2.45) is 0 Å². The molecule has 8 nitrogen and oxygen atoms in total. The van der Waals surface area contributed by atoms with Crippen LogP contribution in [0.3, 0.4) is 0 Å². The Morgan fingerprint density at radius 1 is 1.37 bits per heavy atom. The van der Waals surface area contributed by atoms with Crippen LogP contribution in [-0.4, -0.2) is 48.1 Å². The average Bonchev–Trinajstić information content (AvgIpc) is 3.31. The zero-order chi connectivity index (χ0) is 21.8. The lowest BCUT2D eigenvalue weighted by atomic mass is 9.89. The highest BCUT2D eigenvalue weighted by atomic mass is 16.7. The highest BCUT2D eigenvalue weighted by Crippen LogP contribution is 2.45. The van der Waals surface area contributed by atoms with Gasteiger partial charge in [0.05, 0.1) is 6.10 Å². The largest absolute Gasteiger partial charge is 0.507 e. The predicted octanol–water partition coefficient (Wildman–Crippen LogP) is 2.20. The van der Waals surface area contributed by atoms with Crippen LogP contribution >= 0.6 is 0 Å². The SMILES string of the molecule is CNCC[C@@]1(C(=O)O[C@@H]2Cc3c(cc4oc(C)cc(=O)c4c3O)OC2(C)C)O[C@@H]1C. The van der Waals surface area contributed by atoms with E-state index in [0.29, 0.717) is 30.0 Å². The van der Waals surface area contributed by atoms with Gasteiger partial charge >= 0.3 is 5.97 Å². The van der Waals surface area contributed by atoms with Gasteiger partial charge in [-0.3, -0.25) is 4.79 Å². The van der Waals surface area contributed by atoms with Gasteiger partial charge in [0.2, 0.25) is 0 Å². The van der Waals surface area contributed by atoms with Crippen molar-refractivity contribution in [1.29, 1.82) is 0 Å². The zero-order valence-electron chi connectivity index (χ0n) is 17.8. The number of nitrogens with one attached hydrogen (secondary N) is 1. The number of carbonyl (C=O) groups excluding carboxylic acids is 1. The molecule has 1 saturated heterocycles. The molecule has 4 rings (SSSR count). The van der Waals surface area contributed by atoms with E-state index in [1.165, 1.54) is 6.07 Å². The van der Waals surface area contributed by atoms with E-state index in [1.54, 1.807) is 13.0 Å². The van der Waals surface area contributed by atoms with Gasteiger partial charge in [-0.1, -0.05) is 0 Å². The minimum Gasteiger partial charge on any atom is -0.507 e. The molecule has 8 heteroatoms. The number of phenolic OH excluding ortho intramolecular Hbond substituents is 1. The molecule has 2 aliphatic rings. The molecule has 2 aromatic rings. The number of esters is 1. The van der Waals surface area contributed by atoms with Gasteiger partial charge in [0, 0.05) is 30.5 Å². The number of fused-ring (bicyclic) bond motifs is 2. The first kappa shape index (κ1) is 20.7. The summed E-state index contributed by atoms with van der Waals surface area (Å²) in [6.07, 6.45) is -0.172. The molecule has 162 valence electrons. The molecule has 0 bridgehead atoms. The van der Waals surface area contributed by atoms with Crippen molar-refractivity contribution < 1.29 is 28.5 Å².